The summed E-state index contributed by atoms with van der Waals surface area (Å²) in [4.78, 5) is 26.6. The van der Waals surface area contributed by atoms with Crippen molar-refractivity contribution in [3.05, 3.63) is 95.4 Å². The van der Waals surface area contributed by atoms with Crippen molar-refractivity contribution in [3.63, 3.8) is 0 Å². The standard InChI is InChI=1S/C27H23FN2O2S/c28-19-14-12-18(13-15-19)27(32)29-20-6-5-7-21(16-20)33-17-26(31)30-24-10-3-1-8-22(24)23-9-2-4-11-25(23)30/h1,3,5-8,10,12-16H,2,4,9,11,17H2,(H,29,32). The number of anilines is 1. The van der Waals surface area contributed by atoms with Gasteiger partial charge in [0, 0.05) is 27.2 Å². The summed E-state index contributed by atoms with van der Waals surface area (Å²) in [7, 11) is 0. The van der Waals surface area contributed by atoms with Crippen molar-refractivity contribution in [3.8, 4) is 0 Å². The van der Waals surface area contributed by atoms with Crippen LogP contribution in [0.2, 0.25) is 0 Å². The third-order valence-corrected chi connectivity index (χ3v) is 6.97. The van der Waals surface area contributed by atoms with Crippen LogP contribution in [-0.2, 0) is 12.8 Å². The molecule has 0 aliphatic heterocycles. The van der Waals surface area contributed by atoms with Gasteiger partial charge in [0.25, 0.3) is 5.91 Å². The lowest BCUT2D eigenvalue weighted by Gasteiger charge is -2.15. The first-order valence-corrected chi connectivity index (χ1v) is 12.0. The lowest BCUT2D eigenvalue weighted by molar-refractivity contribution is 0.0942. The number of hydrogen-bond acceptors (Lipinski definition) is 3. The number of rotatable bonds is 5. The molecule has 0 radical (unpaired) electrons. The van der Waals surface area contributed by atoms with Crippen LogP contribution >= 0.6 is 11.8 Å². The largest absolute Gasteiger partial charge is 0.322 e. The van der Waals surface area contributed by atoms with E-state index in [0.29, 0.717) is 17.0 Å². The van der Waals surface area contributed by atoms with Crippen LogP contribution < -0.4 is 5.32 Å². The van der Waals surface area contributed by atoms with E-state index >= 15 is 0 Å². The van der Waals surface area contributed by atoms with Gasteiger partial charge >= 0.3 is 0 Å². The molecule has 0 atom stereocenters. The van der Waals surface area contributed by atoms with Crippen molar-refractivity contribution >= 4 is 40.2 Å². The van der Waals surface area contributed by atoms with Gasteiger partial charge in [-0.25, -0.2) is 4.39 Å². The molecule has 1 heterocycles. The maximum absolute atomic E-state index is 13.3. The number of aryl methyl sites for hydroxylation is 1. The molecule has 6 heteroatoms. The zero-order valence-corrected chi connectivity index (χ0v) is 18.8. The maximum atomic E-state index is 13.3. The number of thioether (sulfide) groups is 1. The van der Waals surface area contributed by atoms with Gasteiger partial charge in [-0.3, -0.25) is 14.2 Å². The van der Waals surface area contributed by atoms with Gasteiger partial charge in [-0.15, -0.1) is 11.8 Å². The molecule has 0 bridgehead atoms. The van der Waals surface area contributed by atoms with Gasteiger partial charge in [0.2, 0.25) is 5.91 Å². The Kier molecular flexibility index (Phi) is 6.01. The van der Waals surface area contributed by atoms with Crippen LogP contribution in [0, 0.1) is 5.82 Å². The van der Waals surface area contributed by atoms with Gasteiger partial charge in [-0.05, 0) is 79.8 Å². The van der Waals surface area contributed by atoms with Gasteiger partial charge < -0.3 is 5.32 Å². The Balaban J connectivity index is 1.31. The summed E-state index contributed by atoms with van der Waals surface area (Å²) in [6.45, 7) is 0. The molecule has 1 N–H and O–H groups in total. The monoisotopic (exact) mass is 458 g/mol. The van der Waals surface area contributed by atoms with Crippen LogP contribution in [0.25, 0.3) is 10.9 Å². The molecule has 166 valence electrons. The number of halogens is 1. The highest BCUT2D eigenvalue weighted by atomic mass is 32.2. The molecular weight excluding hydrogens is 435 g/mol. The Labute approximate surface area is 195 Å². The minimum Gasteiger partial charge on any atom is -0.322 e. The van der Waals surface area contributed by atoms with Crippen LogP contribution in [0.5, 0.6) is 0 Å². The number of amides is 1. The highest BCUT2D eigenvalue weighted by molar-refractivity contribution is 8.00. The zero-order valence-electron chi connectivity index (χ0n) is 18.0. The number of para-hydroxylation sites is 1. The average Bonchev–Trinajstić information content (AvgIpc) is 3.18. The number of nitrogens with zero attached hydrogens (tertiary/aromatic N) is 1. The summed E-state index contributed by atoms with van der Waals surface area (Å²) in [5.74, 6) is -0.314. The molecule has 1 aliphatic carbocycles. The van der Waals surface area contributed by atoms with E-state index in [1.807, 2.05) is 41.0 Å². The summed E-state index contributed by atoms with van der Waals surface area (Å²) in [6, 6.07) is 21.0. The van der Waals surface area contributed by atoms with Crippen molar-refractivity contribution in [2.45, 2.75) is 30.6 Å². The highest BCUT2D eigenvalue weighted by Crippen LogP contribution is 2.33. The lowest BCUT2D eigenvalue weighted by atomic mass is 9.96. The van der Waals surface area contributed by atoms with Crippen LogP contribution in [-0.4, -0.2) is 22.1 Å². The molecule has 4 aromatic rings. The number of carbonyl (C=O) groups excluding carboxylic acids is 2. The van der Waals surface area contributed by atoms with E-state index in [0.717, 1.165) is 35.4 Å². The van der Waals surface area contributed by atoms with Crippen molar-refractivity contribution in [1.29, 1.82) is 0 Å². The van der Waals surface area contributed by atoms with E-state index in [-0.39, 0.29) is 17.6 Å². The molecule has 0 spiro atoms. The molecule has 1 aromatic heterocycles. The third kappa shape index (κ3) is 4.44. The van der Waals surface area contributed by atoms with E-state index in [1.54, 1.807) is 6.07 Å². The van der Waals surface area contributed by atoms with Gasteiger partial charge in [0.1, 0.15) is 5.82 Å². The SMILES string of the molecule is O=C(Nc1cccc(SCC(=O)n2c3c(c4ccccc42)CCCC3)c1)c1ccc(F)cc1. The Bertz CT molecular complexity index is 1340. The fourth-order valence-electron chi connectivity index (χ4n) is 4.46. The molecule has 3 aromatic carbocycles. The Morgan fingerprint density at radius 3 is 2.58 bits per heavy atom. The fraction of sp³-hybridized carbons (Fsp3) is 0.185. The number of carbonyl (C=O) groups is 2. The van der Waals surface area contributed by atoms with E-state index in [2.05, 4.69) is 11.4 Å². The van der Waals surface area contributed by atoms with Crippen LogP contribution in [0.15, 0.2) is 77.7 Å². The second kappa shape index (κ2) is 9.24. The van der Waals surface area contributed by atoms with E-state index < -0.39 is 0 Å². The van der Waals surface area contributed by atoms with Crippen molar-refractivity contribution in [2.24, 2.45) is 0 Å². The summed E-state index contributed by atoms with van der Waals surface area (Å²) in [5.41, 5.74) is 4.49. The normalized spacial score (nSPS) is 13.0. The van der Waals surface area contributed by atoms with E-state index in [4.69, 9.17) is 0 Å². The summed E-state index contributed by atoms with van der Waals surface area (Å²) in [6.07, 6.45) is 4.24. The van der Waals surface area contributed by atoms with Crippen molar-refractivity contribution < 1.29 is 14.0 Å². The lowest BCUT2D eigenvalue weighted by Crippen LogP contribution is -2.18. The topological polar surface area (TPSA) is 51.1 Å². The van der Waals surface area contributed by atoms with Gasteiger partial charge in [0.15, 0.2) is 0 Å². The summed E-state index contributed by atoms with van der Waals surface area (Å²) < 4.78 is 15.0. The summed E-state index contributed by atoms with van der Waals surface area (Å²) in [5, 5.41) is 4.02. The second-order valence-electron chi connectivity index (χ2n) is 8.16. The molecule has 1 amide bonds. The van der Waals surface area contributed by atoms with Crippen LogP contribution in [0.3, 0.4) is 0 Å². The first kappa shape index (κ1) is 21.5. The van der Waals surface area contributed by atoms with Gasteiger partial charge in [0.05, 0.1) is 11.3 Å². The van der Waals surface area contributed by atoms with Crippen molar-refractivity contribution in [2.75, 3.05) is 11.1 Å². The fourth-order valence-corrected chi connectivity index (χ4v) is 5.26. The molecule has 0 fully saturated rings. The molecule has 0 saturated heterocycles. The Morgan fingerprint density at radius 2 is 1.73 bits per heavy atom. The maximum Gasteiger partial charge on any atom is 0.255 e. The van der Waals surface area contributed by atoms with Gasteiger partial charge in [-0.1, -0.05) is 24.3 Å². The van der Waals surface area contributed by atoms with E-state index in [9.17, 15) is 14.0 Å². The first-order valence-electron chi connectivity index (χ1n) is 11.0. The van der Waals surface area contributed by atoms with E-state index in [1.165, 1.54) is 53.4 Å². The molecule has 0 unspecified atom stereocenters. The molecular formula is C27H23FN2O2S. The van der Waals surface area contributed by atoms with Crippen molar-refractivity contribution in [1.82, 2.24) is 4.57 Å². The minimum atomic E-state index is -0.383. The van der Waals surface area contributed by atoms with Crippen LogP contribution in [0.4, 0.5) is 10.1 Å². The Morgan fingerprint density at radius 1 is 0.939 bits per heavy atom. The number of hydrogen-bond donors (Lipinski definition) is 1. The zero-order chi connectivity index (χ0) is 22.8. The van der Waals surface area contributed by atoms with Gasteiger partial charge in [-0.2, -0.15) is 0 Å². The average molecular weight is 459 g/mol. The number of nitrogens with one attached hydrogen (secondary N) is 1. The smallest absolute Gasteiger partial charge is 0.255 e. The predicted octanol–water partition coefficient (Wildman–Crippen LogP) is 6.34. The Hall–Kier alpha value is -3.38. The molecule has 1 aliphatic rings. The molecule has 0 saturated carbocycles. The molecule has 33 heavy (non-hydrogen) atoms. The van der Waals surface area contributed by atoms with Crippen LogP contribution in [0.1, 0.15) is 39.3 Å². The second-order valence-corrected chi connectivity index (χ2v) is 9.20. The first-order chi connectivity index (χ1) is 16.1. The number of fused-ring (bicyclic) bond motifs is 3. The quantitative estimate of drug-likeness (QED) is 0.355. The molecule has 4 nitrogen and oxygen atoms in total. The summed E-state index contributed by atoms with van der Waals surface area (Å²) >= 11 is 1.45. The minimum absolute atomic E-state index is 0.0695. The predicted molar refractivity (Wildman–Crippen MR) is 131 cm³/mol. The number of benzene rings is 3. The number of aromatic nitrogens is 1. The highest BCUT2D eigenvalue weighted by Gasteiger charge is 2.23. The molecule has 5 rings (SSSR count). The third-order valence-electron chi connectivity index (χ3n) is 5.99.